The summed E-state index contributed by atoms with van der Waals surface area (Å²) in [6.07, 6.45) is 0.316. The first kappa shape index (κ1) is 12.5. The van der Waals surface area contributed by atoms with Crippen LogP contribution in [0.2, 0.25) is 0 Å². The number of amides is 1. The van der Waals surface area contributed by atoms with Gasteiger partial charge < -0.3 is 15.3 Å². The second-order valence-corrected chi connectivity index (χ2v) is 4.64. The molecule has 3 atom stereocenters. The standard InChI is InChI=1S/C11H22N2O2/c1-8-6-12-7-10(8)11(15)13(3)5-4-9(2)14/h8-10,12,14H,4-7H2,1-3H3. The van der Waals surface area contributed by atoms with E-state index in [1.54, 1.807) is 11.8 Å². The fourth-order valence-electron chi connectivity index (χ4n) is 1.91. The van der Waals surface area contributed by atoms with Crippen LogP contribution in [-0.4, -0.2) is 48.7 Å². The number of carbonyl (C=O) groups is 1. The number of nitrogens with one attached hydrogen (secondary N) is 1. The van der Waals surface area contributed by atoms with Crippen LogP contribution >= 0.6 is 0 Å². The van der Waals surface area contributed by atoms with E-state index in [2.05, 4.69) is 12.2 Å². The number of rotatable bonds is 4. The molecule has 15 heavy (non-hydrogen) atoms. The summed E-state index contributed by atoms with van der Waals surface area (Å²) >= 11 is 0. The number of aliphatic hydroxyl groups excluding tert-OH is 1. The van der Waals surface area contributed by atoms with Crippen molar-refractivity contribution >= 4 is 5.91 Å². The summed E-state index contributed by atoms with van der Waals surface area (Å²) < 4.78 is 0. The molecule has 1 fully saturated rings. The van der Waals surface area contributed by atoms with Crippen LogP contribution in [0.15, 0.2) is 0 Å². The fraction of sp³-hybridized carbons (Fsp3) is 0.909. The molecular weight excluding hydrogens is 192 g/mol. The van der Waals surface area contributed by atoms with E-state index in [0.717, 1.165) is 13.1 Å². The molecule has 0 aliphatic carbocycles. The summed E-state index contributed by atoms with van der Waals surface area (Å²) in [7, 11) is 1.82. The van der Waals surface area contributed by atoms with Crippen molar-refractivity contribution in [1.29, 1.82) is 0 Å². The second kappa shape index (κ2) is 5.47. The van der Waals surface area contributed by atoms with E-state index in [4.69, 9.17) is 5.11 Å². The lowest BCUT2D eigenvalue weighted by Gasteiger charge is -2.23. The topological polar surface area (TPSA) is 52.6 Å². The van der Waals surface area contributed by atoms with Gasteiger partial charge in [0.25, 0.3) is 0 Å². The molecule has 1 aliphatic heterocycles. The van der Waals surface area contributed by atoms with E-state index in [1.807, 2.05) is 7.05 Å². The molecule has 0 bridgehead atoms. The Hall–Kier alpha value is -0.610. The predicted molar refractivity (Wildman–Crippen MR) is 59.5 cm³/mol. The third-order valence-electron chi connectivity index (χ3n) is 3.09. The highest BCUT2D eigenvalue weighted by Gasteiger charge is 2.31. The Morgan fingerprint density at radius 1 is 1.60 bits per heavy atom. The van der Waals surface area contributed by atoms with Gasteiger partial charge in [-0.3, -0.25) is 4.79 Å². The van der Waals surface area contributed by atoms with E-state index in [-0.39, 0.29) is 17.9 Å². The summed E-state index contributed by atoms with van der Waals surface area (Å²) in [5.41, 5.74) is 0. The average Bonchev–Trinajstić information content (AvgIpc) is 2.59. The molecule has 0 aromatic rings. The van der Waals surface area contributed by atoms with E-state index in [9.17, 15) is 4.79 Å². The van der Waals surface area contributed by atoms with E-state index in [1.165, 1.54) is 0 Å². The van der Waals surface area contributed by atoms with Gasteiger partial charge in [0.1, 0.15) is 0 Å². The van der Waals surface area contributed by atoms with Crippen LogP contribution in [0.3, 0.4) is 0 Å². The quantitative estimate of drug-likeness (QED) is 0.696. The summed E-state index contributed by atoms with van der Waals surface area (Å²) in [5.74, 6) is 0.739. The van der Waals surface area contributed by atoms with Crippen LogP contribution in [0.5, 0.6) is 0 Å². The summed E-state index contributed by atoms with van der Waals surface area (Å²) in [6, 6.07) is 0. The van der Waals surface area contributed by atoms with Crippen LogP contribution in [0, 0.1) is 11.8 Å². The SMILES string of the molecule is CC(O)CCN(C)C(=O)C1CNCC1C. The smallest absolute Gasteiger partial charge is 0.227 e. The molecule has 3 unspecified atom stereocenters. The Kier molecular flexibility index (Phi) is 4.54. The molecule has 4 nitrogen and oxygen atoms in total. The molecule has 0 spiro atoms. The lowest BCUT2D eigenvalue weighted by Crippen LogP contribution is -2.37. The van der Waals surface area contributed by atoms with Crippen LogP contribution < -0.4 is 5.32 Å². The molecule has 1 heterocycles. The Labute approximate surface area is 91.6 Å². The van der Waals surface area contributed by atoms with Crippen molar-refractivity contribution in [3.05, 3.63) is 0 Å². The van der Waals surface area contributed by atoms with Crippen molar-refractivity contribution in [1.82, 2.24) is 10.2 Å². The molecule has 88 valence electrons. The molecule has 1 amide bonds. The highest BCUT2D eigenvalue weighted by atomic mass is 16.3. The number of hydrogen-bond acceptors (Lipinski definition) is 3. The molecule has 0 saturated carbocycles. The van der Waals surface area contributed by atoms with Gasteiger partial charge in [-0.25, -0.2) is 0 Å². The van der Waals surface area contributed by atoms with Crippen LogP contribution in [0.25, 0.3) is 0 Å². The Morgan fingerprint density at radius 3 is 2.73 bits per heavy atom. The van der Waals surface area contributed by atoms with E-state index >= 15 is 0 Å². The number of aliphatic hydroxyl groups is 1. The van der Waals surface area contributed by atoms with Crippen molar-refractivity contribution in [2.24, 2.45) is 11.8 Å². The molecule has 2 N–H and O–H groups in total. The Balaban J connectivity index is 2.38. The van der Waals surface area contributed by atoms with Crippen LogP contribution in [0.4, 0.5) is 0 Å². The van der Waals surface area contributed by atoms with Gasteiger partial charge in [-0.1, -0.05) is 6.92 Å². The monoisotopic (exact) mass is 214 g/mol. The van der Waals surface area contributed by atoms with Crippen molar-refractivity contribution in [3.8, 4) is 0 Å². The maximum atomic E-state index is 12.0. The first-order valence-corrected chi connectivity index (χ1v) is 5.66. The van der Waals surface area contributed by atoms with Crippen molar-refractivity contribution in [3.63, 3.8) is 0 Å². The maximum Gasteiger partial charge on any atom is 0.227 e. The molecule has 1 rings (SSSR count). The summed E-state index contributed by atoms with van der Waals surface area (Å²) in [4.78, 5) is 13.7. The third kappa shape index (κ3) is 3.47. The van der Waals surface area contributed by atoms with Gasteiger partial charge in [0.2, 0.25) is 5.91 Å². The first-order chi connectivity index (χ1) is 7.02. The van der Waals surface area contributed by atoms with Gasteiger partial charge in [-0.2, -0.15) is 0 Å². The second-order valence-electron chi connectivity index (χ2n) is 4.64. The van der Waals surface area contributed by atoms with Crippen molar-refractivity contribution in [2.45, 2.75) is 26.4 Å². The van der Waals surface area contributed by atoms with Gasteiger partial charge >= 0.3 is 0 Å². The lowest BCUT2D eigenvalue weighted by molar-refractivity contribution is -0.134. The van der Waals surface area contributed by atoms with Crippen LogP contribution in [-0.2, 0) is 4.79 Å². The van der Waals surface area contributed by atoms with Gasteiger partial charge in [0.15, 0.2) is 0 Å². The molecular formula is C11H22N2O2. The zero-order valence-corrected chi connectivity index (χ0v) is 9.86. The molecule has 0 aromatic heterocycles. The van der Waals surface area contributed by atoms with Gasteiger partial charge in [-0.05, 0) is 25.8 Å². The minimum absolute atomic E-state index is 0.115. The highest BCUT2D eigenvalue weighted by Crippen LogP contribution is 2.18. The number of carbonyl (C=O) groups excluding carboxylic acids is 1. The zero-order chi connectivity index (χ0) is 11.4. The van der Waals surface area contributed by atoms with Crippen molar-refractivity contribution in [2.75, 3.05) is 26.7 Å². The zero-order valence-electron chi connectivity index (χ0n) is 9.86. The summed E-state index contributed by atoms with van der Waals surface area (Å²) in [5, 5.41) is 12.4. The summed E-state index contributed by atoms with van der Waals surface area (Å²) in [6.45, 7) is 6.21. The number of nitrogens with zero attached hydrogens (tertiary/aromatic N) is 1. The minimum atomic E-state index is -0.334. The highest BCUT2D eigenvalue weighted by molar-refractivity contribution is 5.79. The maximum absolute atomic E-state index is 12.0. The Morgan fingerprint density at radius 2 is 2.27 bits per heavy atom. The Bertz CT molecular complexity index is 219. The molecule has 0 aromatic carbocycles. The number of hydrogen-bond donors (Lipinski definition) is 2. The fourth-order valence-corrected chi connectivity index (χ4v) is 1.91. The van der Waals surface area contributed by atoms with E-state index in [0.29, 0.717) is 18.9 Å². The molecule has 0 radical (unpaired) electrons. The first-order valence-electron chi connectivity index (χ1n) is 5.66. The van der Waals surface area contributed by atoms with Gasteiger partial charge in [-0.15, -0.1) is 0 Å². The van der Waals surface area contributed by atoms with Gasteiger partial charge in [0, 0.05) is 20.1 Å². The van der Waals surface area contributed by atoms with Gasteiger partial charge in [0.05, 0.1) is 12.0 Å². The molecule has 4 heteroatoms. The average molecular weight is 214 g/mol. The predicted octanol–water partition coefficient (Wildman–Crippen LogP) is 0.0712. The van der Waals surface area contributed by atoms with E-state index < -0.39 is 0 Å². The molecule has 1 aliphatic rings. The van der Waals surface area contributed by atoms with Crippen molar-refractivity contribution < 1.29 is 9.90 Å². The normalized spacial score (nSPS) is 27.7. The molecule has 1 saturated heterocycles. The largest absolute Gasteiger partial charge is 0.393 e. The van der Waals surface area contributed by atoms with Crippen LogP contribution in [0.1, 0.15) is 20.3 Å². The third-order valence-corrected chi connectivity index (χ3v) is 3.09. The lowest BCUT2D eigenvalue weighted by atomic mass is 9.97. The minimum Gasteiger partial charge on any atom is -0.393 e.